The molecular formula is C15H24FIN4S. The summed E-state index contributed by atoms with van der Waals surface area (Å²) in [6, 6.07) is 6.66. The van der Waals surface area contributed by atoms with Gasteiger partial charge >= 0.3 is 0 Å². The lowest BCUT2D eigenvalue weighted by Crippen LogP contribution is -2.51. The Hall–Kier alpha value is -0.700. The highest BCUT2D eigenvalue weighted by atomic mass is 127. The lowest BCUT2D eigenvalue weighted by molar-refractivity contribution is 0.381. The van der Waals surface area contributed by atoms with Crippen molar-refractivity contribution in [3.8, 4) is 0 Å². The Morgan fingerprint density at radius 2 is 1.86 bits per heavy atom. The van der Waals surface area contributed by atoms with E-state index >= 15 is 0 Å². The van der Waals surface area contributed by atoms with Gasteiger partial charge in [0.15, 0.2) is 5.96 Å². The van der Waals surface area contributed by atoms with Crippen molar-refractivity contribution in [3.05, 3.63) is 30.1 Å². The SMILES string of the molecule is CSCCCN=C(N)N1CCN(c2ccc(F)cc2)CC1.I. The number of hydrogen-bond acceptors (Lipinski definition) is 3. The van der Waals surface area contributed by atoms with Gasteiger partial charge in [-0.2, -0.15) is 11.8 Å². The van der Waals surface area contributed by atoms with E-state index in [0.29, 0.717) is 5.96 Å². The summed E-state index contributed by atoms with van der Waals surface area (Å²) in [5, 5.41) is 0. The van der Waals surface area contributed by atoms with Crippen LogP contribution in [-0.4, -0.2) is 55.6 Å². The molecule has 1 aliphatic heterocycles. The molecule has 0 spiro atoms. The van der Waals surface area contributed by atoms with E-state index in [1.165, 1.54) is 12.1 Å². The minimum absolute atomic E-state index is 0. The molecule has 1 heterocycles. The Labute approximate surface area is 153 Å². The third kappa shape index (κ3) is 5.83. The van der Waals surface area contributed by atoms with Gasteiger partial charge < -0.3 is 15.5 Å². The Morgan fingerprint density at radius 3 is 2.45 bits per heavy atom. The van der Waals surface area contributed by atoms with Crippen molar-refractivity contribution >= 4 is 47.4 Å². The molecule has 124 valence electrons. The fourth-order valence-electron chi connectivity index (χ4n) is 2.35. The summed E-state index contributed by atoms with van der Waals surface area (Å²) in [5.41, 5.74) is 7.10. The van der Waals surface area contributed by atoms with Gasteiger partial charge in [-0.05, 0) is 42.7 Å². The summed E-state index contributed by atoms with van der Waals surface area (Å²) in [4.78, 5) is 8.80. The van der Waals surface area contributed by atoms with Crippen LogP contribution < -0.4 is 10.6 Å². The van der Waals surface area contributed by atoms with E-state index in [4.69, 9.17) is 5.73 Å². The molecule has 0 amide bonds. The highest BCUT2D eigenvalue weighted by Crippen LogP contribution is 2.16. The van der Waals surface area contributed by atoms with Crippen molar-refractivity contribution in [2.24, 2.45) is 10.7 Å². The first-order valence-electron chi connectivity index (χ1n) is 7.25. The number of halogens is 2. The Balaban J connectivity index is 0.00000242. The number of nitrogens with zero attached hydrogens (tertiary/aromatic N) is 3. The Morgan fingerprint density at radius 1 is 1.23 bits per heavy atom. The molecule has 0 unspecified atom stereocenters. The molecule has 7 heteroatoms. The highest BCUT2D eigenvalue weighted by molar-refractivity contribution is 14.0. The summed E-state index contributed by atoms with van der Waals surface area (Å²) in [5.74, 6) is 1.57. The van der Waals surface area contributed by atoms with Gasteiger partial charge in [0.1, 0.15) is 5.82 Å². The summed E-state index contributed by atoms with van der Waals surface area (Å²) >= 11 is 1.83. The summed E-state index contributed by atoms with van der Waals surface area (Å²) in [7, 11) is 0. The van der Waals surface area contributed by atoms with E-state index in [9.17, 15) is 4.39 Å². The molecule has 0 aliphatic carbocycles. The molecule has 4 nitrogen and oxygen atoms in total. The van der Waals surface area contributed by atoms with Gasteiger partial charge in [0.05, 0.1) is 0 Å². The quantitative estimate of drug-likeness (QED) is 0.332. The minimum atomic E-state index is -0.195. The second kappa shape index (κ2) is 10.1. The Kier molecular flexibility index (Phi) is 8.92. The van der Waals surface area contributed by atoms with Crippen molar-refractivity contribution in [3.63, 3.8) is 0 Å². The van der Waals surface area contributed by atoms with Crippen LogP contribution >= 0.6 is 35.7 Å². The Bertz CT molecular complexity index is 461. The molecule has 1 aromatic rings. The largest absolute Gasteiger partial charge is 0.370 e. The fourth-order valence-corrected chi connectivity index (χ4v) is 2.77. The van der Waals surface area contributed by atoms with Crippen LogP contribution in [0, 0.1) is 5.82 Å². The molecule has 1 aliphatic rings. The zero-order valence-electron chi connectivity index (χ0n) is 12.9. The van der Waals surface area contributed by atoms with E-state index in [-0.39, 0.29) is 29.8 Å². The number of rotatable bonds is 5. The van der Waals surface area contributed by atoms with Crippen molar-refractivity contribution in [1.29, 1.82) is 0 Å². The molecule has 22 heavy (non-hydrogen) atoms. The van der Waals surface area contributed by atoms with Crippen LogP contribution in [0.3, 0.4) is 0 Å². The maximum absolute atomic E-state index is 12.9. The van der Waals surface area contributed by atoms with Gasteiger partial charge in [0, 0.05) is 38.4 Å². The van der Waals surface area contributed by atoms with Crippen LogP contribution in [0.2, 0.25) is 0 Å². The lowest BCUT2D eigenvalue weighted by Gasteiger charge is -2.36. The average Bonchev–Trinajstić information content (AvgIpc) is 2.52. The lowest BCUT2D eigenvalue weighted by atomic mass is 10.2. The molecule has 0 atom stereocenters. The predicted octanol–water partition coefficient (Wildman–Crippen LogP) is 2.63. The highest BCUT2D eigenvalue weighted by Gasteiger charge is 2.18. The van der Waals surface area contributed by atoms with E-state index in [0.717, 1.165) is 50.6 Å². The standard InChI is InChI=1S/C15H23FN4S.HI/c1-21-12-2-7-18-15(17)20-10-8-19(9-11-20)14-5-3-13(16)4-6-14;/h3-6H,2,7-12H2,1H3,(H2,17,18);1H. The van der Waals surface area contributed by atoms with Crippen LogP contribution in [0.1, 0.15) is 6.42 Å². The van der Waals surface area contributed by atoms with Gasteiger partial charge in [-0.15, -0.1) is 24.0 Å². The maximum Gasteiger partial charge on any atom is 0.191 e. The summed E-state index contributed by atoms with van der Waals surface area (Å²) in [6.45, 7) is 4.27. The van der Waals surface area contributed by atoms with Gasteiger partial charge in [-0.3, -0.25) is 4.99 Å². The van der Waals surface area contributed by atoms with E-state index in [1.54, 1.807) is 0 Å². The molecule has 1 saturated heterocycles. The monoisotopic (exact) mass is 438 g/mol. The first-order chi connectivity index (χ1) is 10.2. The molecule has 0 aromatic heterocycles. The summed E-state index contributed by atoms with van der Waals surface area (Å²) in [6.07, 6.45) is 3.17. The number of thioether (sulfide) groups is 1. The number of guanidine groups is 1. The maximum atomic E-state index is 12.9. The van der Waals surface area contributed by atoms with E-state index in [2.05, 4.69) is 21.0 Å². The van der Waals surface area contributed by atoms with Gasteiger partial charge in [0.25, 0.3) is 0 Å². The van der Waals surface area contributed by atoms with E-state index in [1.807, 2.05) is 23.9 Å². The molecule has 0 saturated carbocycles. The second-order valence-electron chi connectivity index (χ2n) is 5.04. The third-order valence-corrected chi connectivity index (χ3v) is 4.27. The number of aliphatic imine (C=N–C) groups is 1. The second-order valence-corrected chi connectivity index (χ2v) is 6.02. The van der Waals surface area contributed by atoms with E-state index < -0.39 is 0 Å². The van der Waals surface area contributed by atoms with Gasteiger partial charge in [0.2, 0.25) is 0 Å². The first kappa shape index (κ1) is 19.3. The molecule has 1 fully saturated rings. The van der Waals surface area contributed by atoms with Crippen molar-refractivity contribution < 1.29 is 4.39 Å². The minimum Gasteiger partial charge on any atom is -0.370 e. The average molecular weight is 438 g/mol. The normalized spacial score (nSPS) is 15.6. The molecular weight excluding hydrogens is 414 g/mol. The number of hydrogen-bond donors (Lipinski definition) is 1. The van der Waals surface area contributed by atoms with Crippen molar-refractivity contribution in [2.45, 2.75) is 6.42 Å². The van der Waals surface area contributed by atoms with Crippen LogP contribution in [0.4, 0.5) is 10.1 Å². The number of piperazine rings is 1. The van der Waals surface area contributed by atoms with Gasteiger partial charge in [-0.1, -0.05) is 0 Å². The fraction of sp³-hybridized carbons (Fsp3) is 0.533. The molecule has 2 rings (SSSR count). The van der Waals surface area contributed by atoms with Crippen LogP contribution in [-0.2, 0) is 0 Å². The molecule has 1 aromatic carbocycles. The molecule has 2 N–H and O–H groups in total. The van der Waals surface area contributed by atoms with Crippen LogP contribution in [0.15, 0.2) is 29.3 Å². The number of anilines is 1. The molecule has 0 radical (unpaired) electrons. The van der Waals surface area contributed by atoms with Crippen molar-refractivity contribution in [1.82, 2.24) is 4.90 Å². The predicted molar refractivity (Wildman–Crippen MR) is 105 cm³/mol. The third-order valence-electron chi connectivity index (χ3n) is 3.58. The zero-order chi connectivity index (χ0) is 15.1. The first-order valence-corrected chi connectivity index (χ1v) is 8.64. The number of nitrogens with two attached hydrogens (primary N) is 1. The molecule has 0 bridgehead atoms. The topological polar surface area (TPSA) is 44.9 Å². The summed E-state index contributed by atoms with van der Waals surface area (Å²) < 4.78 is 12.9. The smallest absolute Gasteiger partial charge is 0.191 e. The van der Waals surface area contributed by atoms with Crippen LogP contribution in [0.25, 0.3) is 0 Å². The zero-order valence-corrected chi connectivity index (χ0v) is 16.0. The van der Waals surface area contributed by atoms with Crippen LogP contribution in [0.5, 0.6) is 0 Å². The number of benzene rings is 1. The van der Waals surface area contributed by atoms with Crippen molar-refractivity contribution in [2.75, 3.05) is 49.6 Å². The van der Waals surface area contributed by atoms with Gasteiger partial charge in [-0.25, -0.2) is 4.39 Å².